The summed E-state index contributed by atoms with van der Waals surface area (Å²) in [6, 6.07) is 70.2. The number of aliphatic hydroxyl groups is 2. The smallest absolute Gasteiger partial charge is 0.218 e. The molecule has 15 aromatic rings. The fourth-order valence-electron chi connectivity index (χ4n) is 19.0. The number of nitrogens with one attached hydrogen (secondary N) is 4. The number of benzene rings is 7. The molecule has 6 N–H and O–H groups in total. The minimum atomic E-state index is -0.256. The summed E-state index contributed by atoms with van der Waals surface area (Å²) in [5, 5.41) is 24.6. The lowest BCUT2D eigenvalue weighted by Crippen LogP contribution is -2.03. The molecule has 0 aliphatic carbocycles. The summed E-state index contributed by atoms with van der Waals surface area (Å²) < 4.78 is 0. The largest absolute Gasteiger partial charge is 0.493 e. The van der Waals surface area contributed by atoms with Crippen LogP contribution in [0.4, 0.5) is 11.4 Å². The van der Waals surface area contributed by atoms with E-state index in [1.807, 2.05) is 48.5 Å². The molecule has 0 atom stereocenters. The second kappa shape index (κ2) is 29.0. The summed E-state index contributed by atoms with van der Waals surface area (Å²) in [5.41, 5.74) is 43.1. The van der Waals surface area contributed by atoms with Crippen LogP contribution in [0.2, 0.25) is 0 Å². The van der Waals surface area contributed by atoms with Gasteiger partial charge < -0.3 is 30.1 Å². The molecule has 120 heavy (non-hydrogen) atoms. The fourth-order valence-corrected chi connectivity index (χ4v) is 19.0. The Labute approximate surface area is 695 Å². The summed E-state index contributed by atoms with van der Waals surface area (Å²) in [7, 11) is 0. The maximum atomic E-state index is 12.3. The van der Waals surface area contributed by atoms with Crippen LogP contribution < -0.4 is 0 Å². The molecule has 0 fully saturated rings. The van der Waals surface area contributed by atoms with E-state index in [1.54, 1.807) is 24.3 Å². The molecular formula is C106H84N12O2. The molecule has 0 unspecified atom stereocenters. The monoisotopic (exact) mass is 1560 g/mol. The predicted molar refractivity (Wildman–Crippen MR) is 497 cm³/mol. The number of H-pyrrole nitrogens is 4. The summed E-state index contributed by atoms with van der Waals surface area (Å²) in [5.74, 6) is -0.511. The molecule has 0 spiro atoms. The molecule has 8 aromatic heterocycles. The van der Waals surface area contributed by atoms with E-state index >= 15 is 0 Å². The number of aryl methyl sites for hydroxylation is 12. The van der Waals surface area contributed by atoms with Crippen molar-refractivity contribution in [3.05, 3.63) is 330 Å². The summed E-state index contributed by atoms with van der Waals surface area (Å²) >= 11 is 0. The van der Waals surface area contributed by atoms with Crippen LogP contribution in [-0.4, -0.2) is 71.8 Å². The van der Waals surface area contributed by atoms with Crippen molar-refractivity contribution in [2.24, 2.45) is 9.98 Å². The lowest BCUT2D eigenvalue weighted by molar-refractivity contribution is 0.553. The number of hydrogen-bond acceptors (Lipinski definition) is 8. The van der Waals surface area contributed by atoms with Crippen LogP contribution in [0.5, 0.6) is 0 Å². The average molecular weight is 1560 g/mol. The maximum absolute atomic E-state index is 12.3. The summed E-state index contributed by atoms with van der Waals surface area (Å²) in [6.07, 6.45) is 16.9. The van der Waals surface area contributed by atoms with Crippen molar-refractivity contribution in [3.8, 4) is 101 Å². The molecule has 0 radical (unpaired) electrons. The van der Waals surface area contributed by atoms with Crippen LogP contribution in [0.25, 0.3) is 193 Å². The van der Waals surface area contributed by atoms with Crippen LogP contribution in [0.1, 0.15) is 123 Å². The highest BCUT2D eigenvalue weighted by Gasteiger charge is 2.27. The zero-order chi connectivity index (χ0) is 82.2. The van der Waals surface area contributed by atoms with Gasteiger partial charge in [-0.15, -0.1) is 0 Å². The number of aromatic amines is 4. The second-order valence-corrected chi connectivity index (χ2v) is 32.5. The number of hydrogen-bond donors (Lipinski definition) is 6. The molecule has 0 saturated heterocycles. The normalized spacial score (nSPS) is 12.7. The number of aromatic nitrogens is 10. The van der Waals surface area contributed by atoms with Gasteiger partial charge >= 0.3 is 0 Å². The number of aliphatic imine (C=N–C) groups is 2. The topological polar surface area (TPSA) is 206 Å². The lowest BCUT2D eigenvalue weighted by atomic mass is 9.92. The predicted octanol–water partition coefficient (Wildman–Crippen LogP) is 26.7. The summed E-state index contributed by atoms with van der Waals surface area (Å²) in [6.45, 7) is 26.0. The van der Waals surface area contributed by atoms with Crippen molar-refractivity contribution in [1.82, 2.24) is 49.8 Å². The van der Waals surface area contributed by atoms with Gasteiger partial charge in [0.1, 0.15) is 0 Å². The molecule has 15 heterocycles. The van der Waals surface area contributed by atoms with E-state index in [2.05, 4.69) is 285 Å². The molecule has 7 aliphatic heterocycles. The van der Waals surface area contributed by atoms with E-state index in [0.717, 1.165) is 212 Å². The van der Waals surface area contributed by atoms with Crippen molar-refractivity contribution in [2.75, 3.05) is 0 Å². The molecule has 14 nitrogen and oxygen atoms in total. The Bertz CT molecular complexity index is 6940. The van der Waals surface area contributed by atoms with E-state index in [4.69, 9.17) is 39.9 Å². The van der Waals surface area contributed by atoms with Crippen LogP contribution in [0, 0.1) is 83.1 Å². The fraction of sp³-hybridized carbons (Fsp3) is 0.113. The van der Waals surface area contributed by atoms with E-state index in [9.17, 15) is 10.2 Å². The van der Waals surface area contributed by atoms with E-state index < -0.39 is 0 Å². The number of nitrogens with zero attached hydrogens (tertiary/aromatic N) is 8. The molecule has 7 aromatic carbocycles. The van der Waals surface area contributed by atoms with E-state index in [-0.39, 0.29) is 11.8 Å². The van der Waals surface area contributed by atoms with E-state index in [0.29, 0.717) is 68.1 Å². The Balaban J connectivity index is 0.915. The maximum Gasteiger partial charge on any atom is 0.218 e. The average Bonchev–Trinajstić information content (AvgIpc) is 1.54. The van der Waals surface area contributed by atoms with Gasteiger partial charge in [-0.25, -0.2) is 39.9 Å². The first-order valence-electron chi connectivity index (χ1n) is 40.6. The Hall–Kier alpha value is -15.0. The van der Waals surface area contributed by atoms with Gasteiger partial charge in [0.05, 0.1) is 90.7 Å². The van der Waals surface area contributed by atoms with Gasteiger partial charge in [-0.2, -0.15) is 0 Å². The first-order chi connectivity index (χ1) is 58.1. The van der Waals surface area contributed by atoms with Gasteiger partial charge in [0, 0.05) is 88.7 Å². The molecule has 0 amide bonds. The molecular weight excluding hydrogens is 1470 g/mol. The van der Waals surface area contributed by atoms with Crippen LogP contribution in [-0.2, 0) is 0 Å². The zero-order valence-electron chi connectivity index (χ0n) is 68.7. The van der Waals surface area contributed by atoms with Gasteiger partial charge in [0.25, 0.3) is 0 Å². The highest BCUT2D eigenvalue weighted by atomic mass is 16.3. The van der Waals surface area contributed by atoms with Gasteiger partial charge in [-0.05, 0) is 325 Å². The van der Waals surface area contributed by atoms with E-state index in [1.165, 1.54) is 0 Å². The van der Waals surface area contributed by atoms with Crippen molar-refractivity contribution in [2.45, 2.75) is 83.1 Å². The van der Waals surface area contributed by atoms with Crippen molar-refractivity contribution >= 4 is 116 Å². The third kappa shape index (κ3) is 13.0. The van der Waals surface area contributed by atoms with Gasteiger partial charge in [0.2, 0.25) is 11.8 Å². The molecule has 7 aliphatic rings. The Kier molecular flexibility index (Phi) is 17.8. The Morgan fingerprint density at radius 2 is 0.425 bits per heavy atom. The van der Waals surface area contributed by atoms with Gasteiger partial charge in [-0.3, -0.25) is 0 Å². The SMILES string of the molecule is Cc1cc(C)c(-c2c3nc(c4c5ccc([nH]5)c(-c5c(C)cc(C)cc5C)c5nc(c(c6ccc2[nH]6)-c2cccc(c2)N=C(O)c2cccc(c2)C(O)=Nc2cccc(c2)-c2c6nc(c(-c7c(C)cc(C)cc7C)c7ccc([nH]7)c(c7nc(c(-c8c(C)cc(C)cc8C)c8ccc2[nH]8)C=C7)-c2cccc(n2)-c2cccc-4n2)C=C6)C=C5)C=C3)c(C)c1. The number of aliphatic hydroxyl groups excluding tert-OH is 2. The quantitative estimate of drug-likeness (QED) is 0.0997. The van der Waals surface area contributed by atoms with Crippen molar-refractivity contribution in [1.29, 1.82) is 0 Å². The highest BCUT2D eigenvalue weighted by Crippen LogP contribution is 2.46. The van der Waals surface area contributed by atoms with Crippen molar-refractivity contribution < 1.29 is 10.2 Å². The third-order valence-electron chi connectivity index (χ3n) is 23.6. The van der Waals surface area contributed by atoms with Gasteiger partial charge in [0.15, 0.2) is 0 Å². The molecule has 22 rings (SSSR count). The minimum absolute atomic E-state index is 0.256. The molecule has 14 heteroatoms. The van der Waals surface area contributed by atoms with Crippen molar-refractivity contribution in [3.63, 3.8) is 0 Å². The standard InChI is InChI=1S/C106H84N12O2/c1-55-44-59(5)93(60(6)45-55)101-85-36-28-77(111-85)97-67-18-14-22-71(53-67)107-105(119)69-20-13-21-70(52-69)106(120)108-72-23-15-19-68(54-72)98-79-30-38-87(113-79)103(95-63(9)48-57(3)49-64(95)10)91-42-34-83(117-91)100(84-35-43-92(118-84)104(88-39-31-80(98)114-88)96-65(11)50-58(4)51-66(96)12)76-27-17-25-74(110-76)73-24-16-26-75(109-73)99(81-32-40-89(101)115-81)82-33-41-90(116-82)102(86-37-29-78(97)112-86)94-61(7)46-56(2)47-62(94)8/h13-54,111,113,116,118H,1-12H3,(H,107,119)(H,108,120). The molecule has 0 saturated carbocycles. The lowest BCUT2D eigenvalue weighted by Gasteiger charge is -2.13. The van der Waals surface area contributed by atoms with Crippen LogP contribution >= 0.6 is 0 Å². The highest BCUT2D eigenvalue weighted by molar-refractivity contribution is 6.06. The Morgan fingerprint density at radius 3 is 0.717 bits per heavy atom. The molecule has 30 bridgehead atoms. The number of rotatable bonds is 4. The summed E-state index contributed by atoms with van der Waals surface area (Å²) in [4.78, 5) is 60.4. The minimum Gasteiger partial charge on any atom is -0.493 e. The third-order valence-corrected chi connectivity index (χ3v) is 23.6. The van der Waals surface area contributed by atoms with Crippen LogP contribution in [0.3, 0.4) is 0 Å². The molecule has 580 valence electrons. The van der Waals surface area contributed by atoms with Gasteiger partial charge in [-0.1, -0.05) is 113 Å². The number of pyridine rings is 2. The Morgan fingerprint density at radius 1 is 0.200 bits per heavy atom. The van der Waals surface area contributed by atoms with Crippen LogP contribution in [0.15, 0.2) is 216 Å². The first kappa shape index (κ1) is 73.8. The zero-order valence-corrected chi connectivity index (χ0v) is 68.7. The second-order valence-electron chi connectivity index (χ2n) is 32.5. The first-order valence-corrected chi connectivity index (χ1v) is 40.6.